The molecular formula is C18H20BrCl2NO2. The van der Waals surface area contributed by atoms with Gasteiger partial charge in [-0.25, -0.2) is 0 Å². The first-order valence-electron chi connectivity index (χ1n) is 7.73. The summed E-state index contributed by atoms with van der Waals surface area (Å²) in [5.74, 6) is 0.759. The first-order valence-corrected chi connectivity index (χ1v) is 9.28. The lowest BCUT2D eigenvalue weighted by molar-refractivity contribution is 0.237. The molecule has 0 amide bonds. The van der Waals surface area contributed by atoms with Gasteiger partial charge in [0.2, 0.25) is 0 Å². The van der Waals surface area contributed by atoms with Gasteiger partial charge in [0.15, 0.2) is 0 Å². The number of hydrogen-bond donors (Lipinski definition) is 2. The van der Waals surface area contributed by atoms with Crippen LogP contribution >= 0.6 is 39.1 Å². The second-order valence-electron chi connectivity index (χ2n) is 5.41. The molecule has 0 saturated carbocycles. The molecule has 0 heterocycles. The number of aliphatic hydroxyl groups excluding tert-OH is 1. The van der Waals surface area contributed by atoms with Gasteiger partial charge in [-0.05, 0) is 36.8 Å². The summed E-state index contributed by atoms with van der Waals surface area (Å²) in [5.41, 5.74) is 1.77. The first kappa shape index (κ1) is 19.5. The molecule has 0 bridgehead atoms. The molecule has 3 nitrogen and oxygen atoms in total. The van der Waals surface area contributed by atoms with Crippen LogP contribution in [0.25, 0.3) is 0 Å². The molecule has 1 atom stereocenters. The minimum Gasteiger partial charge on any atom is -0.488 e. The first-order chi connectivity index (χ1) is 11.5. The summed E-state index contributed by atoms with van der Waals surface area (Å²) in [5, 5.41) is 13.8. The second kappa shape index (κ2) is 9.64. The van der Waals surface area contributed by atoms with Crippen LogP contribution < -0.4 is 10.1 Å². The van der Waals surface area contributed by atoms with Crippen LogP contribution in [0.4, 0.5) is 0 Å². The van der Waals surface area contributed by atoms with E-state index in [1.54, 1.807) is 12.1 Å². The molecule has 0 fully saturated rings. The Labute approximate surface area is 161 Å². The van der Waals surface area contributed by atoms with E-state index in [0.717, 1.165) is 27.8 Å². The molecule has 2 N–H and O–H groups in total. The van der Waals surface area contributed by atoms with E-state index >= 15 is 0 Å². The van der Waals surface area contributed by atoms with E-state index in [0.29, 0.717) is 23.2 Å². The highest BCUT2D eigenvalue weighted by Gasteiger charge is 2.11. The van der Waals surface area contributed by atoms with Crippen LogP contribution in [0.5, 0.6) is 5.75 Å². The van der Waals surface area contributed by atoms with Crippen molar-refractivity contribution in [2.45, 2.75) is 32.5 Å². The van der Waals surface area contributed by atoms with Gasteiger partial charge in [0, 0.05) is 38.2 Å². The summed E-state index contributed by atoms with van der Waals surface area (Å²) >= 11 is 15.9. The number of ether oxygens (including phenoxy) is 1. The average Bonchev–Trinajstić information content (AvgIpc) is 2.57. The van der Waals surface area contributed by atoms with Gasteiger partial charge < -0.3 is 15.2 Å². The van der Waals surface area contributed by atoms with Crippen molar-refractivity contribution in [3.8, 4) is 5.75 Å². The molecule has 0 aliphatic carbocycles. The van der Waals surface area contributed by atoms with Gasteiger partial charge in [-0.15, -0.1) is 0 Å². The largest absolute Gasteiger partial charge is 0.488 e. The second-order valence-corrected chi connectivity index (χ2v) is 7.14. The Kier molecular flexibility index (Phi) is 7.85. The molecule has 2 aromatic carbocycles. The summed E-state index contributed by atoms with van der Waals surface area (Å²) in [6, 6.07) is 11.3. The van der Waals surface area contributed by atoms with Crippen molar-refractivity contribution in [3.63, 3.8) is 0 Å². The molecule has 0 aliphatic rings. The standard InChI is InChI=1S/C18H20BrCl2NO2/c1-2-14(10-23)22-9-12-8-13(19)6-7-18(12)24-11-15-16(20)4-3-5-17(15)21/h3-8,14,22-23H,2,9-11H2,1H3/t14-/m0/s1. The predicted molar refractivity (Wildman–Crippen MR) is 103 cm³/mol. The van der Waals surface area contributed by atoms with E-state index in [-0.39, 0.29) is 12.6 Å². The fraction of sp³-hybridized carbons (Fsp3) is 0.333. The Bertz CT molecular complexity index is 658. The highest BCUT2D eigenvalue weighted by molar-refractivity contribution is 9.10. The van der Waals surface area contributed by atoms with Gasteiger partial charge in [0.05, 0.1) is 6.61 Å². The summed E-state index contributed by atoms with van der Waals surface area (Å²) in [6.07, 6.45) is 0.857. The highest BCUT2D eigenvalue weighted by Crippen LogP contribution is 2.28. The van der Waals surface area contributed by atoms with Crippen LogP contribution in [-0.4, -0.2) is 17.8 Å². The van der Waals surface area contributed by atoms with Gasteiger partial charge in [-0.2, -0.15) is 0 Å². The Balaban J connectivity index is 2.12. The Hall–Kier alpha value is -0.780. The molecule has 0 spiro atoms. The molecular weight excluding hydrogens is 413 g/mol. The van der Waals surface area contributed by atoms with E-state index in [2.05, 4.69) is 21.2 Å². The van der Waals surface area contributed by atoms with Crippen LogP contribution in [0.1, 0.15) is 24.5 Å². The van der Waals surface area contributed by atoms with Gasteiger partial charge in [0.1, 0.15) is 12.4 Å². The zero-order valence-corrected chi connectivity index (χ0v) is 16.5. The van der Waals surface area contributed by atoms with Crippen molar-refractivity contribution in [1.82, 2.24) is 5.32 Å². The third kappa shape index (κ3) is 5.36. The van der Waals surface area contributed by atoms with Crippen molar-refractivity contribution in [2.24, 2.45) is 0 Å². The van der Waals surface area contributed by atoms with Crippen molar-refractivity contribution >= 4 is 39.1 Å². The summed E-state index contributed by atoms with van der Waals surface area (Å²) in [4.78, 5) is 0. The van der Waals surface area contributed by atoms with Gasteiger partial charge in [-0.3, -0.25) is 0 Å². The lowest BCUT2D eigenvalue weighted by atomic mass is 10.1. The number of nitrogens with one attached hydrogen (secondary N) is 1. The molecule has 24 heavy (non-hydrogen) atoms. The molecule has 0 radical (unpaired) electrons. The van der Waals surface area contributed by atoms with Crippen molar-refractivity contribution in [2.75, 3.05) is 6.61 Å². The van der Waals surface area contributed by atoms with Crippen molar-refractivity contribution in [3.05, 3.63) is 62.0 Å². The van der Waals surface area contributed by atoms with Crippen LogP contribution in [0.3, 0.4) is 0 Å². The highest BCUT2D eigenvalue weighted by atomic mass is 79.9. The molecule has 6 heteroatoms. The predicted octanol–water partition coefficient (Wildman–Crippen LogP) is 5.20. The van der Waals surface area contributed by atoms with Crippen molar-refractivity contribution < 1.29 is 9.84 Å². The molecule has 130 valence electrons. The Morgan fingerprint density at radius 2 is 1.92 bits per heavy atom. The van der Waals surface area contributed by atoms with E-state index < -0.39 is 0 Å². The third-order valence-corrected chi connectivity index (χ3v) is 4.95. The minimum absolute atomic E-state index is 0.0647. The third-order valence-electron chi connectivity index (χ3n) is 3.75. The fourth-order valence-corrected chi connectivity index (χ4v) is 3.15. The SMILES string of the molecule is CC[C@@H](CO)NCc1cc(Br)ccc1OCc1c(Cl)cccc1Cl. The maximum atomic E-state index is 9.31. The monoisotopic (exact) mass is 431 g/mol. The zero-order chi connectivity index (χ0) is 17.5. The van der Waals surface area contributed by atoms with E-state index in [9.17, 15) is 5.11 Å². The molecule has 0 aromatic heterocycles. The molecule has 0 aliphatic heterocycles. The summed E-state index contributed by atoms with van der Waals surface area (Å²) in [6.45, 7) is 3.04. The number of aliphatic hydroxyl groups is 1. The topological polar surface area (TPSA) is 41.5 Å². The molecule has 2 rings (SSSR count). The van der Waals surface area contributed by atoms with Gasteiger partial charge in [0.25, 0.3) is 0 Å². The molecule has 0 unspecified atom stereocenters. The van der Waals surface area contributed by atoms with Crippen molar-refractivity contribution in [1.29, 1.82) is 0 Å². The van der Waals surface area contributed by atoms with Crippen LogP contribution in [0, 0.1) is 0 Å². The van der Waals surface area contributed by atoms with E-state index in [1.165, 1.54) is 0 Å². The van der Waals surface area contributed by atoms with Gasteiger partial charge in [-0.1, -0.05) is 52.1 Å². The molecule has 0 saturated heterocycles. The van der Waals surface area contributed by atoms with Gasteiger partial charge >= 0.3 is 0 Å². The van der Waals surface area contributed by atoms with Crippen LogP contribution in [-0.2, 0) is 13.2 Å². The number of benzene rings is 2. The number of hydrogen-bond acceptors (Lipinski definition) is 3. The number of rotatable bonds is 8. The lowest BCUT2D eigenvalue weighted by Gasteiger charge is -2.17. The van der Waals surface area contributed by atoms with Crippen LogP contribution in [0.15, 0.2) is 40.9 Å². The average molecular weight is 433 g/mol. The lowest BCUT2D eigenvalue weighted by Crippen LogP contribution is -2.31. The maximum absolute atomic E-state index is 9.31. The smallest absolute Gasteiger partial charge is 0.124 e. The fourth-order valence-electron chi connectivity index (χ4n) is 2.24. The normalized spacial score (nSPS) is 12.2. The minimum atomic E-state index is 0.0647. The number of halogens is 3. The quantitative estimate of drug-likeness (QED) is 0.602. The maximum Gasteiger partial charge on any atom is 0.124 e. The summed E-state index contributed by atoms with van der Waals surface area (Å²) < 4.78 is 6.92. The van der Waals surface area contributed by atoms with E-state index in [1.807, 2.05) is 31.2 Å². The Morgan fingerprint density at radius 1 is 1.21 bits per heavy atom. The van der Waals surface area contributed by atoms with E-state index in [4.69, 9.17) is 27.9 Å². The zero-order valence-electron chi connectivity index (χ0n) is 13.4. The molecule has 2 aromatic rings. The van der Waals surface area contributed by atoms with Crippen LogP contribution in [0.2, 0.25) is 10.0 Å². The summed E-state index contributed by atoms with van der Waals surface area (Å²) in [7, 11) is 0. The Morgan fingerprint density at radius 3 is 2.54 bits per heavy atom.